The molecule has 0 atom stereocenters. The van der Waals surface area contributed by atoms with E-state index in [1.807, 2.05) is 0 Å². The molecule has 8 N–H and O–H groups in total. The van der Waals surface area contributed by atoms with E-state index in [0.29, 0.717) is 0 Å². The molecule has 0 rings (SSSR count). The van der Waals surface area contributed by atoms with Crippen molar-refractivity contribution in [2.24, 2.45) is 11.5 Å². The largest absolute Gasteiger partial charge is 2.00 e. The van der Waals surface area contributed by atoms with E-state index < -0.39 is 0 Å². The van der Waals surface area contributed by atoms with Gasteiger partial charge in [-0.2, -0.15) is 0 Å². The fraction of sp³-hybridized carbons (Fsp3) is 0.500. The molecule has 0 spiro atoms. The summed E-state index contributed by atoms with van der Waals surface area (Å²) in [6, 6.07) is 0. The maximum atomic E-state index is 8.81. The number of hydrogen-bond acceptors (Lipinski definition) is 2. The van der Waals surface area contributed by atoms with Gasteiger partial charge in [0.25, 0.3) is 0 Å². The minimum atomic E-state index is -0.277. The molecule has 0 bridgehead atoms. The molecule has 0 aliphatic heterocycles. The van der Waals surface area contributed by atoms with Gasteiger partial charge in [0, 0.05) is 11.9 Å². The first-order valence-electron chi connectivity index (χ1n) is 4.76. The van der Waals surface area contributed by atoms with E-state index in [-0.39, 0.29) is 42.4 Å². The SMILES string of the molecule is CN(C)C(=[N-])NC(=N)N.CN(C)C(=[N-])NC(=N)N.[V+2]. The number of nitrogens with two attached hydrogens (primary N) is 2. The Morgan fingerprint density at radius 1 is 0.842 bits per heavy atom. The molecule has 0 aliphatic rings. The molecule has 19 heavy (non-hydrogen) atoms. The van der Waals surface area contributed by atoms with Crippen LogP contribution in [-0.4, -0.2) is 61.8 Å². The molecule has 0 saturated heterocycles. The van der Waals surface area contributed by atoms with Crippen LogP contribution in [0.4, 0.5) is 0 Å². The third-order valence-electron chi connectivity index (χ3n) is 1.34. The van der Waals surface area contributed by atoms with Crippen molar-refractivity contribution >= 4 is 23.8 Å². The molecule has 0 fully saturated rings. The van der Waals surface area contributed by atoms with Crippen LogP contribution in [0, 0.1) is 10.8 Å². The number of guanidine groups is 4. The molecule has 0 unspecified atom stereocenters. The standard InChI is InChI=1S/2C4H10N5.V/c2*1-9(2)4(7)8-3(5)6;/h2*1-2H3,(H4-,5,6,7,8);/q2*-1;+2. The average molecular weight is 307 g/mol. The van der Waals surface area contributed by atoms with Crippen LogP contribution in [0.15, 0.2) is 0 Å². The van der Waals surface area contributed by atoms with Crippen molar-refractivity contribution in [2.75, 3.05) is 28.2 Å². The van der Waals surface area contributed by atoms with Gasteiger partial charge in [-0.1, -0.05) is 0 Å². The van der Waals surface area contributed by atoms with E-state index in [4.69, 9.17) is 33.1 Å². The zero-order chi connectivity index (χ0) is 14.9. The second-order valence-electron chi connectivity index (χ2n) is 3.51. The van der Waals surface area contributed by atoms with Crippen LogP contribution in [-0.2, 0) is 18.6 Å². The van der Waals surface area contributed by atoms with Gasteiger partial charge in [-0.25, -0.2) is 0 Å². The summed E-state index contributed by atoms with van der Waals surface area (Å²) in [6.45, 7) is 0. The molecule has 0 aromatic rings. The van der Waals surface area contributed by atoms with Gasteiger partial charge in [-0.05, 0) is 28.2 Å². The van der Waals surface area contributed by atoms with E-state index in [1.165, 1.54) is 9.80 Å². The summed E-state index contributed by atoms with van der Waals surface area (Å²) in [5.41, 5.74) is 9.79. The van der Waals surface area contributed by atoms with Crippen molar-refractivity contribution < 1.29 is 18.6 Å². The molecule has 107 valence electrons. The molecule has 0 aromatic carbocycles. The third-order valence-corrected chi connectivity index (χ3v) is 1.34. The average Bonchev–Trinajstić information content (AvgIpc) is 2.16. The summed E-state index contributed by atoms with van der Waals surface area (Å²) in [7, 11) is 6.52. The fourth-order valence-corrected chi connectivity index (χ4v) is 0.465. The normalized spacial score (nSPS) is 7.79. The van der Waals surface area contributed by atoms with Gasteiger partial charge < -0.3 is 42.7 Å². The van der Waals surface area contributed by atoms with Crippen LogP contribution in [0.5, 0.6) is 0 Å². The van der Waals surface area contributed by atoms with Crippen LogP contribution in [0.25, 0.3) is 10.8 Å². The Morgan fingerprint density at radius 3 is 1.11 bits per heavy atom. The minimum Gasteiger partial charge on any atom is -0.432 e. The van der Waals surface area contributed by atoms with E-state index >= 15 is 0 Å². The Hall–Kier alpha value is -1.94. The first-order valence-corrected chi connectivity index (χ1v) is 4.76. The van der Waals surface area contributed by atoms with Gasteiger partial charge in [-0.3, -0.25) is 10.8 Å². The molecular formula is C8H20N10V. The van der Waals surface area contributed by atoms with Crippen LogP contribution in [0.3, 0.4) is 0 Å². The maximum Gasteiger partial charge on any atom is 2.00 e. The molecule has 0 saturated carbocycles. The van der Waals surface area contributed by atoms with Crippen LogP contribution < -0.4 is 22.1 Å². The predicted molar refractivity (Wildman–Crippen MR) is 74.2 cm³/mol. The molecule has 0 heterocycles. The van der Waals surface area contributed by atoms with Crippen molar-refractivity contribution in [3.63, 3.8) is 0 Å². The van der Waals surface area contributed by atoms with Gasteiger partial charge in [0.15, 0.2) is 0 Å². The van der Waals surface area contributed by atoms with Crippen LogP contribution in [0.1, 0.15) is 0 Å². The van der Waals surface area contributed by atoms with Gasteiger partial charge in [0.05, 0.1) is 0 Å². The van der Waals surface area contributed by atoms with Crippen molar-refractivity contribution in [1.29, 1.82) is 10.8 Å². The van der Waals surface area contributed by atoms with Crippen molar-refractivity contribution in [1.82, 2.24) is 20.4 Å². The molecule has 0 aliphatic carbocycles. The third kappa shape index (κ3) is 16.1. The Bertz CT molecular complexity index is 291. The van der Waals surface area contributed by atoms with Crippen molar-refractivity contribution in [3.05, 3.63) is 10.8 Å². The monoisotopic (exact) mass is 307 g/mol. The smallest absolute Gasteiger partial charge is 0.432 e. The summed E-state index contributed by atoms with van der Waals surface area (Å²) in [5.74, 6) is -0.826. The summed E-state index contributed by atoms with van der Waals surface area (Å²) in [6.07, 6.45) is 0. The van der Waals surface area contributed by atoms with Crippen molar-refractivity contribution in [2.45, 2.75) is 0 Å². The minimum absolute atomic E-state index is 0. The Balaban J connectivity index is -0.000000256. The second kappa shape index (κ2) is 11.2. The first kappa shape index (κ1) is 22.3. The molecule has 11 heteroatoms. The van der Waals surface area contributed by atoms with E-state index in [9.17, 15) is 0 Å². The van der Waals surface area contributed by atoms with Gasteiger partial charge in [0.2, 0.25) is 0 Å². The first-order chi connectivity index (χ1) is 8.07. The van der Waals surface area contributed by atoms with E-state index in [1.54, 1.807) is 28.2 Å². The number of nitrogens with one attached hydrogen (secondary N) is 4. The zero-order valence-corrected chi connectivity index (χ0v) is 12.8. The predicted octanol–water partition coefficient (Wildman–Crippen LogP) is -2.09. The van der Waals surface area contributed by atoms with E-state index in [2.05, 4.69) is 10.6 Å². The topological polar surface area (TPSA) is 175 Å². The van der Waals surface area contributed by atoms with E-state index in [0.717, 1.165) is 0 Å². The van der Waals surface area contributed by atoms with Crippen molar-refractivity contribution in [3.8, 4) is 0 Å². The number of nitrogens with zero attached hydrogens (tertiary/aromatic N) is 4. The molecule has 0 amide bonds. The van der Waals surface area contributed by atoms with Crippen LogP contribution >= 0.6 is 0 Å². The summed E-state index contributed by atoms with van der Waals surface area (Å²) in [4.78, 5) is 2.81. The number of rotatable bonds is 0. The summed E-state index contributed by atoms with van der Waals surface area (Å²) >= 11 is 0. The Kier molecular flexibility index (Phi) is 13.1. The quantitative estimate of drug-likeness (QED) is 0.221. The number of hydrogen-bond donors (Lipinski definition) is 6. The van der Waals surface area contributed by atoms with Gasteiger partial charge >= 0.3 is 18.6 Å². The summed E-state index contributed by atoms with van der Waals surface area (Å²) < 4.78 is 0. The van der Waals surface area contributed by atoms with Crippen LogP contribution in [0.2, 0.25) is 0 Å². The van der Waals surface area contributed by atoms with Gasteiger partial charge in [0.1, 0.15) is 11.9 Å². The zero-order valence-electron chi connectivity index (χ0n) is 11.4. The summed E-state index contributed by atoms with van der Waals surface area (Å²) in [5, 5.41) is 35.4. The molecule has 0 aromatic heterocycles. The molecule has 10 nitrogen and oxygen atoms in total. The second-order valence-corrected chi connectivity index (χ2v) is 3.51. The maximum absolute atomic E-state index is 8.81. The molecular weight excluding hydrogens is 287 g/mol. The Morgan fingerprint density at radius 2 is 1.05 bits per heavy atom. The fourth-order valence-electron chi connectivity index (χ4n) is 0.465. The Labute approximate surface area is 124 Å². The molecule has 1 radical (unpaired) electrons. The van der Waals surface area contributed by atoms with Gasteiger partial charge in [-0.15, -0.1) is 0 Å².